The van der Waals surface area contributed by atoms with Crippen molar-refractivity contribution in [2.24, 2.45) is 0 Å². The quantitative estimate of drug-likeness (QED) is 0.670. The fourth-order valence-electron chi connectivity index (χ4n) is 1.79. The normalized spacial score (nSPS) is 15.4. The number of rotatable bonds is 5. The molecule has 0 aromatic carbocycles. The van der Waals surface area contributed by atoms with E-state index in [4.69, 9.17) is 39.0 Å². The molecule has 0 aromatic heterocycles. The Labute approximate surface area is 107 Å². The van der Waals surface area contributed by atoms with Crippen molar-refractivity contribution < 1.29 is 0 Å². The molecule has 0 atom stereocenters. The van der Waals surface area contributed by atoms with Gasteiger partial charge in [0.1, 0.15) is 0 Å². The number of hydrogen-bond donors (Lipinski definition) is 0. The summed E-state index contributed by atoms with van der Waals surface area (Å²) in [5.41, 5.74) is 0. The molecule has 2 nitrogen and oxygen atoms in total. The van der Waals surface area contributed by atoms with Crippen LogP contribution in [0.4, 0.5) is 0 Å². The van der Waals surface area contributed by atoms with Crippen LogP contribution in [0.15, 0.2) is 0 Å². The first kappa shape index (κ1) is 15.8. The van der Waals surface area contributed by atoms with E-state index in [9.17, 15) is 0 Å². The van der Waals surface area contributed by atoms with Crippen molar-refractivity contribution in [3.63, 3.8) is 0 Å². The van der Waals surface area contributed by atoms with Gasteiger partial charge in [0.05, 0.1) is 0 Å². The molecule has 0 radical (unpaired) electrons. The fourth-order valence-corrected chi connectivity index (χ4v) is 8.08. The maximum atomic E-state index is 8.58. The summed E-state index contributed by atoms with van der Waals surface area (Å²) in [5, 5.41) is 8.58. The Morgan fingerprint density at radius 2 is 1.53 bits per heavy atom. The van der Waals surface area contributed by atoms with Crippen LogP contribution in [0.1, 0.15) is 34.1 Å². The summed E-state index contributed by atoms with van der Waals surface area (Å²) in [5.74, 6) is 0. The Morgan fingerprint density at radius 3 is 1.80 bits per heavy atom. The van der Waals surface area contributed by atoms with Crippen LogP contribution in [0.5, 0.6) is 0 Å². The van der Waals surface area contributed by atoms with Crippen molar-refractivity contribution >= 4 is 38.5 Å². The van der Waals surface area contributed by atoms with Crippen molar-refractivity contribution in [3.05, 3.63) is 0 Å². The molecule has 90 valence electrons. The molecule has 0 N–H and O–H groups in total. The van der Waals surface area contributed by atoms with Gasteiger partial charge < -0.3 is 0 Å². The summed E-state index contributed by atoms with van der Waals surface area (Å²) in [6.45, 7) is 8.00. The van der Waals surface area contributed by atoms with Gasteiger partial charge in [-0.05, 0) is 0 Å². The van der Waals surface area contributed by atoms with Gasteiger partial charge in [0.25, 0.3) is 0 Å². The summed E-state index contributed by atoms with van der Waals surface area (Å²) in [7, 11) is 0. The monoisotopic (exact) mass is 290 g/mol. The zero-order valence-electron chi connectivity index (χ0n) is 9.54. The van der Waals surface area contributed by atoms with Crippen LogP contribution in [0.2, 0.25) is 0 Å². The number of nitrogens with zero attached hydrogens (tertiary/aromatic N) is 2. The molecule has 0 fully saturated rings. The fraction of sp³-hybridized carbons (Fsp3) is 0.889. The molecule has 0 spiro atoms. The number of nitriles is 1. The van der Waals surface area contributed by atoms with Gasteiger partial charge in [0.15, 0.2) is 0 Å². The molecule has 0 bridgehead atoms. The molecule has 0 saturated carbocycles. The second kappa shape index (κ2) is 5.39. The van der Waals surface area contributed by atoms with Crippen LogP contribution in [-0.2, 0) is 0 Å². The Balaban J connectivity index is 5.00. The summed E-state index contributed by atoms with van der Waals surface area (Å²) < 4.78 is 1.92. The second-order valence-corrected chi connectivity index (χ2v) is 15.0. The van der Waals surface area contributed by atoms with Crippen LogP contribution in [0, 0.1) is 11.3 Å². The zero-order chi connectivity index (χ0) is 12.3. The van der Waals surface area contributed by atoms with Crippen LogP contribution >= 0.6 is 38.5 Å². The van der Waals surface area contributed by atoms with Gasteiger partial charge in [0, 0.05) is 0 Å². The van der Waals surface area contributed by atoms with Gasteiger partial charge >= 0.3 is 107 Å². The van der Waals surface area contributed by atoms with Gasteiger partial charge in [-0.15, -0.1) is 0 Å². The molecule has 0 aliphatic carbocycles. The molecule has 15 heavy (non-hydrogen) atoms. The SMILES string of the molecule is CC(C)N(C(C)C)P(Cl)(Cl)(Cl)CCC#N. The van der Waals surface area contributed by atoms with Gasteiger partial charge in [-0.3, -0.25) is 0 Å². The van der Waals surface area contributed by atoms with Gasteiger partial charge in [0.2, 0.25) is 0 Å². The Bertz CT molecular complexity index is 244. The van der Waals surface area contributed by atoms with E-state index in [2.05, 4.69) is 0 Å². The molecule has 0 aliphatic rings. The Kier molecular flexibility index (Phi) is 5.66. The third kappa shape index (κ3) is 4.63. The zero-order valence-corrected chi connectivity index (χ0v) is 12.7. The maximum absolute atomic E-state index is 8.58. The van der Waals surface area contributed by atoms with E-state index >= 15 is 0 Å². The minimum atomic E-state index is -3.43. The molecule has 0 aromatic rings. The van der Waals surface area contributed by atoms with Crippen molar-refractivity contribution in [1.82, 2.24) is 4.67 Å². The molecule has 0 rings (SSSR count). The average Bonchev–Trinajstić information content (AvgIpc) is 1.97. The standard InChI is InChI=1S/C9H18Cl3N2P/c1-8(2)14(9(3)4)15(10,11,12)7-5-6-13/h8-9H,5,7H2,1-4H3. The van der Waals surface area contributed by atoms with Crippen LogP contribution in [-0.4, -0.2) is 22.9 Å². The van der Waals surface area contributed by atoms with E-state index in [1.165, 1.54) is 0 Å². The Hall–Kier alpha value is 0.750. The molecular formula is C9H18Cl3N2P. The molecule has 0 heterocycles. The van der Waals surface area contributed by atoms with Gasteiger partial charge in [-0.1, -0.05) is 0 Å². The van der Waals surface area contributed by atoms with Crippen LogP contribution in [0.3, 0.4) is 0 Å². The summed E-state index contributed by atoms with van der Waals surface area (Å²) >= 11 is 19.1. The molecule has 0 amide bonds. The van der Waals surface area contributed by atoms with E-state index < -0.39 is 4.81 Å². The first-order valence-corrected chi connectivity index (χ1v) is 10.0. The van der Waals surface area contributed by atoms with Crippen molar-refractivity contribution in [1.29, 1.82) is 5.26 Å². The van der Waals surface area contributed by atoms with E-state index in [-0.39, 0.29) is 18.5 Å². The molecular weight excluding hydrogens is 273 g/mol. The predicted molar refractivity (Wildman–Crippen MR) is 71.7 cm³/mol. The molecule has 6 heteroatoms. The minimum absolute atomic E-state index is 0.161. The molecule has 0 aliphatic heterocycles. The molecule has 0 unspecified atom stereocenters. The van der Waals surface area contributed by atoms with Crippen molar-refractivity contribution in [2.45, 2.75) is 46.2 Å². The molecule has 0 saturated heterocycles. The summed E-state index contributed by atoms with van der Waals surface area (Å²) in [6.07, 6.45) is 0.618. The third-order valence-electron chi connectivity index (χ3n) is 2.06. The van der Waals surface area contributed by atoms with E-state index in [1.54, 1.807) is 0 Å². The average molecular weight is 292 g/mol. The second-order valence-electron chi connectivity index (χ2n) is 4.12. The van der Waals surface area contributed by atoms with E-state index in [0.29, 0.717) is 6.16 Å². The van der Waals surface area contributed by atoms with Crippen LogP contribution < -0.4 is 0 Å². The van der Waals surface area contributed by atoms with Gasteiger partial charge in [-0.2, -0.15) is 0 Å². The van der Waals surface area contributed by atoms with E-state index in [1.807, 2.05) is 38.4 Å². The topological polar surface area (TPSA) is 27.0 Å². The summed E-state index contributed by atoms with van der Waals surface area (Å²) in [6, 6.07) is 2.36. The van der Waals surface area contributed by atoms with Crippen molar-refractivity contribution in [2.75, 3.05) is 6.16 Å². The number of hydrogen-bond acceptors (Lipinski definition) is 2. The van der Waals surface area contributed by atoms with Crippen molar-refractivity contribution in [3.8, 4) is 6.07 Å². The first-order valence-electron chi connectivity index (χ1n) is 4.93. The van der Waals surface area contributed by atoms with Gasteiger partial charge in [-0.25, -0.2) is 0 Å². The first-order chi connectivity index (χ1) is 6.60. The number of halogens is 3. The summed E-state index contributed by atoms with van der Waals surface area (Å²) in [4.78, 5) is -3.43. The third-order valence-corrected chi connectivity index (χ3v) is 7.86. The van der Waals surface area contributed by atoms with E-state index in [0.717, 1.165) is 0 Å². The predicted octanol–water partition coefficient (Wildman–Crippen LogP) is 4.95. The van der Waals surface area contributed by atoms with Crippen LogP contribution in [0.25, 0.3) is 0 Å². The Morgan fingerprint density at radius 1 is 1.13 bits per heavy atom.